The molecule has 0 amide bonds. The monoisotopic (exact) mass is 543 g/mol. The van der Waals surface area contributed by atoms with Gasteiger partial charge in [0.2, 0.25) is 0 Å². The third-order valence-corrected chi connectivity index (χ3v) is 6.68. The molecule has 1 aromatic heterocycles. The third-order valence-electron chi connectivity index (χ3n) is 5.66. The molecule has 0 aliphatic carbocycles. The van der Waals surface area contributed by atoms with Crippen molar-refractivity contribution >= 4 is 41.3 Å². The van der Waals surface area contributed by atoms with Crippen LogP contribution in [0.4, 0.5) is 0 Å². The molecule has 166 valence electrons. The molecule has 2 aromatic rings. The van der Waals surface area contributed by atoms with E-state index < -0.39 is 0 Å². The molecular formula is C23H34IN3O2S. The first-order valence-corrected chi connectivity index (χ1v) is 11.1. The van der Waals surface area contributed by atoms with Crippen LogP contribution < -0.4 is 15.4 Å². The second kappa shape index (κ2) is 11.9. The first-order chi connectivity index (χ1) is 14.0. The maximum Gasteiger partial charge on any atom is 0.191 e. The molecule has 1 aliphatic rings. The van der Waals surface area contributed by atoms with Crippen LogP contribution in [-0.2, 0) is 16.6 Å². The molecule has 2 heterocycles. The molecule has 0 saturated carbocycles. The third kappa shape index (κ3) is 6.59. The predicted octanol–water partition coefficient (Wildman–Crippen LogP) is 4.53. The molecule has 1 aromatic carbocycles. The summed E-state index contributed by atoms with van der Waals surface area (Å²) in [5.41, 5.74) is 1.36. The number of benzene rings is 1. The van der Waals surface area contributed by atoms with Gasteiger partial charge in [0.25, 0.3) is 0 Å². The van der Waals surface area contributed by atoms with Crippen LogP contribution in [0.1, 0.15) is 35.1 Å². The van der Waals surface area contributed by atoms with Crippen LogP contribution in [0, 0.1) is 6.92 Å². The number of hydrogen-bond donors (Lipinski definition) is 2. The van der Waals surface area contributed by atoms with Gasteiger partial charge in [-0.3, -0.25) is 4.99 Å². The minimum absolute atomic E-state index is 0. The van der Waals surface area contributed by atoms with Crippen LogP contribution in [0.5, 0.6) is 5.75 Å². The lowest BCUT2D eigenvalue weighted by atomic mass is 9.74. The summed E-state index contributed by atoms with van der Waals surface area (Å²) in [6.07, 6.45) is 2.98. The lowest BCUT2D eigenvalue weighted by Gasteiger charge is -2.38. The van der Waals surface area contributed by atoms with Gasteiger partial charge in [-0.2, -0.15) is 0 Å². The van der Waals surface area contributed by atoms with Crippen molar-refractivity contribution in [3.63, 3.8) is 0 Å². The number of ether oxygens (including phenoxy) is 2. The van der Waals surface area contributed by atoms with E-state index in [0.29, 0.717) is 6.04 Å². The molecule has 1 saturated heterocycles. The second-order valence-corrected chi connectivity index (χ2v) is 9.18. The van der Waals surface area contributed by atoms with Crippen LogP contribution >= 0.6 is 35.3 Å². The van der Waals surface area contributed by atoms with E-state index in [-0.39, 0.29) is 29.4 Å². The van der Waals surface area contributed by atoms with Crippen LogP contribution in [0.25, 0.3) is 0 Å². The second-order valence-electron chi connectivity index (χ2n) is 7.81. The zero-order chi connectivity index (χ0) is 20.7. The van der Waals surface area contributed by atoms with Crippen molar-refractivity contribution < 1.29 is 9.47 Å². The summed E-state index contributed by atoms with van der Waals surface area (Å²) in [4.78, 5) is 7.22. The molecule has 0 spiro atoms. The Balaban J connectivity index is 0.00000320. The Morgan fingerprint density at radius 3 is 2.47 bits per heavy atom. The van der Waals surface area contributed by atoms with Gasteiger partial charge in [-0.15, -0.1) is 35.3 Å². The Bertz CT molecular complexity index is 801. The number of aliphatic imine (C=N–C) groups is 1. The van der Waals surface area contributed by atoms with E-state index in [1.165, 1.54) is 15.3 Å². The number of nitrogens with zero attached hydrogens (tertiary/aromatic N) is 1. The normalized spacial score (nSPS) is 17.0. The minimum Gasteiger partial charge on any atom is -0.497 e. The molecule has 1 fully saturated rings. The number of halogens is 1. The lowest BCUT2D eigenvalue weighted by Crippen LogP contribution is -2.50. The average molecular weight is 544 g/mol. The Morgan fingerprint density at radius 2 is 1.90 bits per heavy atom. The number of thiophene rings is 1. The van der Waals surface area contributed by atoms with E-state index in [9.17, 15) is 0 Å². The smallest absolute Gasteiger partial charge is 0.191 e. The fraction of sp³-hybridized carbons (Fsp3) is 0.522. The highest BCUT2D eigenvalue weighted by molar-refractivity contribution is 14.0. The number of nitrogens with one attached hydrogen (secondary N) is 2. The van der Waals surface area contributed by atoms with Gasteiger partial charge in [-0.1, -0.05) is 12.1 Å². The lowest BCUT2D eigenvalue weighted by molar-refractivity contribution is 0.0513. The van der Waals surface area contributed by atoms with Crippen LogP contribution in [0.15, 0.2) is 41.4 Å². The SMILES string of the molecule is CN=C(NCC1(c2ccc(OC)cc2)CCOCC1)NC(C)Cc1ccc(C)s1.I. The van der Waals surface area contributed by atoms with Crippen LogP contribution in [0.2, 0.25) is 0 Å². The molecule has 0 bridgehead atoms. The largest absolute Gasteiger partial charge is 0.497 e. The average Bonchev–Trinajstić information content (AvgIpc) is 3.16. The fourth-order valence-corrected chi connectivity index (χ4v) is 4.92. The van der Waals surface area contributed by atoms with Crippen molar-refractivity contribution in [2.45, 2.75) is 44.6 Å². The Labute approximate surface area is 201 Å². The van der Waals surface area contributed by atoms with Gasteiger partial charge in [-0.25, -0.2) is 0 Å². The molecule has 1 atom stereocenters. The van der Waals surface area contributed by atoms with Crippen molar-refractivity contribution in [1.82, 2.24) is 10.6 Å². The van der Waals surface area contributed by atoms with E-state index in [4.69, 9.17) is 9.47 Å². The Kier molecular flexibility index (Phi) is 9.90. The molecule has 1 unspecified atom stereocenters. The quantitative estimate of drug-likeness (QED) is 0.306. The van der Waals surface area contributed by atoms with Crippen molar-refractivity contribution in [3.05, 3.63) is 51.7 Å². The Hall–Kier alpha value is -1.32. The summed E-state index contributed by atoms with van der Waals surface area (Å²) in [5.74, 6) is 1.74. The van der Waals surface area contributed by atoms with Gasteiger partial charge < -0.3 is 20.1 Å². The maximum atomic E-state index is 5.66. The van der Waals surface area contributed by atoms with Crippen molar-refractivity contribution in [2.75, 3.05) is 33.9 Å². The summed E-state index contributed by atoms with van der Waals surface area (Å²) in [7, 11) is 3.54. The first-order valence-electron chi connectivity index (χ1n) is 10.3. The first kappa shape index (κ1) is 24.9. The summed E-state index contributed by atoms with van der Waals surface area (Å²) < 4.78 is 11.0. The van der Waals surface area contributed by atoms with Crippen LogP contribution in [0.3, 0.4) is 0 Å². The topological polar surface area (TPSA) is 54.9 Å². The standard InChI is InChI=1S/C23H33N3O2S.HI/c1-17(15-21-10-5-18(2)29-21)26-22(24-3)25-16-23(11-13-28-14-12-23)19-6-8-20(27-4)9-7-19;/h5-10,17H,11-16H2,1-4H3,(H2,24,25,26);1H. The van der Waals surface area contributed by atoms with Crippen molar-refractivity contribution in [3.8, 4) is 5.75 Å². The molecule has 5 nitrogen and oxygen atoms in total. The molecule has 7 heteroatoms. The van der Waals surface area contributed by atoms with E-state index >= 15 is 0 Å². The highest BCUT2D eigenvalue weighted by Gasteiger charge is 2.34. The minimum atomic E-state index is 0. The highest BCUT2D eigenvalue weighted by Crippen LogP contribution is 2.35. The number of methoxy groups -OCH3 is 1. The van der Waals surface area contributed by atoms with Crippen molar-refractivity contribution in [1.29, 1.82) is 0 Å². The van der Waals surface area contributed by atoms with Gasteiger partial charge in [-0.05, 0) is 56.5 Å². The molecule has 30 heavy (non-hydrogen) atoms. The van der Waals surface area contributed by atoms with Gasteiger partial charge in [0.15, 0.2) is 5.96 Å². The van der Waals surface area contributed by atoms with Crippen molar-refractivity contribution in [2.24, 2.45) is 4.99 Å². The highest BCUT2D eigenvalue weighted by atomic mass is 127. The summed E-state index contributed by atoms with van der Waals surface area (Å²) in [5, 5.41) is 7.13. The maximum absolute atomic E-state index is 5.66. The van der Waals surface area contributed by atoms with E-state index in [1.807, 2.05) is 30.5 Å². The molecule has 0 radical (unpaired) electrons. The van der Waals surface area contributed by atoms with Gasteiger partial charge in [0.1, 0.15) is 5.75 Å². The number of guanidine groups is 1. The predicted molar refractivity (Wildman–Crippen MR) is 137 cm³/mol. The number of rotatable bonds is 7. The van der Waals surface area contributed by atoms with Gasteiger partial charge in [0.05, 0.1) is 7.11 Å². The molecule has 3 rings (SSSR count). The van der Waals surface area contributed by atoms with E-state index in [2.05, 4.69) is 53.7 Å². The molecule has 2 N–H and O–H groups in total. The Morgan fingerprint density at radius 1 is 1.20 bits per heavy atom. The summed E-state index contributed by atoms with van der Waals surface area (Å²) in [6.45, 7) is 6.75. The molecular weight excluding hydrogens is 509 g/mol. The summed E-state index contributed by atoms with van der Waals surface area (Å²) >= 11 is 1.86. The van der Waals surface area contributed by atoms with E-state index in [1.54, 1.807) is 7.11 Å². The zero-order valence-corrected chi connectivity index (χ0v) is 21.5. The van der Waals surface area contributed by atoms with Gasteiger partial charge in [0, 0.05) is 54.4 Å². The zero-order valence-electron chi connectivity index (χ0n) is 18.4. The fourth-order valence-electron chi connectivity index (χ4n) is 3.90. The van der Waals surface area contributed by atoms with Crippen LogP contribution in [-0.4, -0.2) is 45.9 Å². The molecule has 1 aliphatic heterocycles. The van der Waals surface area contributed by atoms with Gasteiger partial charge >= 0.3 is 0 Å². The number of hydrogen-bond acceptors (Lipinski definition) is 4. The number of aryl methyl sites for hydroxylation is 1. The van der Waals surface area contributed by atoms with E-state index in [0.717, 1.165) is 50.7 Å². The summed E-state index contributed by atoms with van der Waals surface area (Å²) in [6, 6.07) is 13.2.